The first-order valence-electron chi connectivity index (χ1n) is 6.82. The summed E-state index contributed by atoms with van der Waals surface area (Å²) < 4.78 is 5.22. The molecule has 0 saturated carbocycles. The van der Waals surface area contributed by atoms with Crippen LogP contribution in [0.1, 0.15) is 6.42 Å². The average molecular weight is 275 g/mol. The molecule has 1 heterocycles. The second-order valence-electron chi connectivity index (χ2n) is 4.65. The maximum atomic E-state index is 11.8. The number of nitrogens with one attached hydrogen (secondary N) is 3. The fourth-order valence-corrected chi connectivity index (χ4v) is 2.07. The fraction of sp³-hybridized carbons (Fsp3) is 0.400. The van der Waals surface area contributed by atoms with Crippen LogP contribution < -0.4 is 20.7 Å². The molecule has 1 aliphatic heterocycles. The molecule has 2 rings (SSSR count). The maximum Gasteiger partial charge on any atom is 0.239 e. The zero-order valence-corrected chi connectivity index (χ0v) is 11.7. The Kier molecular flexibility index (Phi) is 5.43. The second-order valence-corrected chi connectivity index (χ2v) is 4.65. The lowest BCUT2D eigenvalue weighted by Gasteiger charge is -2.15. The molecule has 108 valence electrons. The van der Waals surface area contributed by atoms with Gasteiger partial charge in [-0.15, -0.1) is 0 Å². The average Bonchev–Trinajstić information content (AvgIpc) is 2.52. The summed E-state index contributed by atoms with van der Waals surface area (Å²) in [5.74, 6) is 0.719. The van der Waals surface area contributed by atoms with Crippen LogP contribution in [-0.2, 0) is 4.79 Å². The van der Waals surface area contributed by atoms with E-state index in [0.717, 1.165) is 30.9 Å². The van der Waals surface area contributed by atoms with Gasteiger partial charge in [0.25, 0.3) is 0 Å². The summed E-state index contributed by atoms with van der Waals surface area (Å²) in [7, 11) is 1.62. The lowest BCUT2D eigenvalue weighted by Crippen LogP contribution is -2.33. The molecule has 1 aliphatic rings. The van der Waals surface area contributed by atoms with Crippen LogP contribution in [0.15, 0.2) is 35.9 Å². The van der Waals surface area contributed by atoms with Crippen molar-refractivity contribution in [1.82, 2.24) is 10.6 Å². The predicted molar refractivity (Wildman–Crippen MR) is 80.1 cm³/mol. The Morgan fingerprint density at radius 2 is 2.25 bits per heavy atom. The summed E-state index contributed by atoms with van der Waals surface area (Å²) in [5, 5.41) is 9.25. The summed E-state index contributed by atoms with van der Waals surface area (Å²) in [6.07, 6.45) is 3.14. The van der Waals surface area contributed by atoms with Gasteiger partial charge in [0, 0.05) is 13.1 Å². The lowest BCUT2D eigenvalue weighted by atomic mass is 10.1. The van der Waals surface area contributed by atoms with Gasteiger partial charge in [-0.05, 0) is 25.1 Å². The van der Waals surface area contributed by atoms with Crippen molar-refractivity contribution < 1.29 is 9.53 Å². The molecule has 5 heteroatoms. The third kappa shape index (κ3) is 4.28. The van der Waals surface area contributed by atoms with Crippen LogP contribution in [0.25, 0.3) is 0 Å². The molecular formula is C15H21N3O2. The predicted octanol–water partition coefficient (Wildman–Crippen LogP) is 1.14. The van der Waals surface area contributed by atoms with E-state index in [1.54, 1.807) is 7.11 Å². The molecule has 0 aliphatic carbocycles. The third-order valence-electron chi connectivity index (χ3n) is 3.22. The summed E-state index contributed by atoms with van der Waals surface area (Å²) in [5.41, 5.74) is 2.11. The van der Waals surface area contributed by atoms with E-state index in [9.17, 15) is 4.79 Å². The molecule has 1 aromatic rings. The van der Waals surface area contributed by atoms with Crippen molar-refractivity contribution in [2.24, 2.45) is 0 Å². The van der Waals surface area contributed by atoms with E-state index in [1.165, 1.54) is 5.57 Å². The fourth-order valence-electron chi connectivity index (χ4n) is 2.07. The Bertz CT molecular complexity index is 486. The van der Waals surface area contributed by atoms with Gasteiger partial charge in [0.15, 0.2) is 0 Å². The molecule has 0 spiro atoms. The van der Waals surface area contributed by atoms with Gasteiger partial charge in [-0.2, -0.15) is 0 Å². The van der Waals surface area contributed by atoms with Gasteiger partial charge >= 0.3 is 0 Å². The van der Waals surface area contributed by atoms with Crippen molar-refractivity contribution >= 4 is 11.6 Å². The van der Waals surface area contributed by atoms with Crippen LogP contribution in [0.2, 0.25) is 0 Å². The number of benzene rings is 1. The van der Waals surface area contributed by atoms with Crippen LogP contribution in [0.5, 0.6) is 5.75 Å². The van der Waals surface area contributed by atoms with E-state index in [2.05, 4.69) is 22.0 Å². The van der Waals surface area contributed by atoms with Crippen molar-refractivity contribution in [3.8, 4) is 5.75 Å². The molecule has 0 unspecified atom stereocenters. The Hall–Kier alpha value is -2.01. The minimum atomic E-state index is -0.0182. The smallest absolute Gasteiger partial charge is 0.239 e. The highest BCUT2D eigenvalue weighted by Gasteiger charge is 2.07. The Balaban J connectivity index is 1.76. The normalized spacial score (nSPS) is 14.3. The largest absolute Gasteiger partial charge is 0.495 e. The number of carbonyl (C=O) groups excluding carboxylic acids is 1. The van der Waals surface area contributed by atoms with E-state index in [4.69, 9.17) is 4.74 Å². The van der Waals surface area contributed by atoms with Crippen LogP contribution in [0.3, 0.4) is 0 Å². The molecule has 1 aromatic carbocycles. The minimum absolute atomic E-state index is 0.0182. The Morgan fingerprint density at radius 3 is 3.00 bits per heavy atom. The highest BCUT2D eigenvalue weighted by molar-refractivity contribution is 5.81. The zero-order valence-electron chi connectivity index (χ0n) is 11.7. The number of amides is 1. The van der Waals surface area contributed by atoms with Gasteiger partial charge in [0.1, 0.15) is 5.75 Å². The first-order valence-corrected chi connectivity index (χ1v) is 6.82. The minimum Gasteiger partial charge on any atom is -0.495 e. The van der Waals surface area contributed by atoms with Gasteiger partial charge < -0.3 is 20.7 Å². The lowest BCUT2D eigenvalue weighted by molar-refractivity contribution is -0.119. The number of para-hydroxylation sites is 2. The van der Waals surface area contributed by atoms with E-state index < -0.39 is 0 Å². The Labute approximate surface area is 119 Å². The third-order valence-corrected chi connectivity index (χ3v) is 3.22. The van der Waals surface area contributed by atoms with Crippen molar-refractivity contribution in [2.75, 3.05) is 38.6 Å². The highest BCUT2D eigenvalue weighted by atomic mass is 16.5. The number of carbonyl (C=O) groups is 1. The molecular weight excluding hydrogens is 254 g/mol. The van der Waals surface area contributed by atoms with E-state index in [-0.39, 0.29) is 12.5 Å². The number of ether oxygens (including phenoxy) is 1. The van der Waals surface area contributed by atoms with Gasteiger partial charge in [0.2, 0.25) is 5.91 Å². The summed E-state index contributed by atoms with van der Waals surface area (Å²) in [4.78, 5) is 11.8. The van der Waals surface area contributed by atoms with Crippen LogP contribution in [-0.4, -0.2) is 39.2 Å². The molecule has 20 heavy (non-hydrogen) atoms. The van der Waals surface area contributed by atoms with E-state index >= 15 is 0 Å². The van der Waals surface area contributed by atoms with Crippen LogP contribution in [0.4, 0.5) is 5.69 Å². The summed E-state index contributed by atoms with van der Waals surface area (Å²) >= 11 is 0. The summed E-state index contributed by atoms with van der Waals surface area (Å²) in [6, 6.07) is 7.55. The number of hydrogen-bond acceptors (Lipinski definition) is 4. The molecule has 3 N–H and O–H groups in total. The number of rotatable bonds is 6. The van der Waals surface area contributed by atoms with Gasteiger partial charge in [0.05, 0.1) is 19.3 Å². The monoisotopic (exact) mass is 275 g/mol. The highest BCUT2D eigenvalue weighted by Crippen LogP contribution is 2.22. The Morgan fingerprint density at radius 1 is 1.40 bits per heavy atom. The molecule has 0 bridgehead atoms. The molecule has 0 fully saturated rings. The first-order chi connectivity index (χ1) is 9.79. The molecule has 0 saturated heterocycles. The second kappa shape index (κ2) is 7.55. The van der Waals surface area contributed by atoms with Crippen molar-refractivity contribution in [1.29, 1.82) is 0 Å². The number of anilines is 1. The van der Waals surface area contributed by atoms with Gasteiger partial charge in [-0.3, -0.25) is 4.79 Å². The van der Waals surface area contributed by atoms with E-state index in [0.29, 0.717) is 6.54 Å². The molecule has 5 nitrogen and oxygen atoms in total. The van der Waals surface area contributed by atoms with Crippen molar-refractivity contribution in [2.45, 2.75) is 6.42 Å². The molecule has 1 amide bonds. The van der Waals surface area contributed by atoms with Crippen LogP contribution >= 0.6 is 0 Å². The topological polar surface area (TPSA) is 62.4 Å². The quantitative estimate of drug-likeness (QED) is 0.681. The van der Waals surface area contributed by atoms with Gasteiger partial charge in [-0.1, -0.05) is 23.8 Å². The van der Waals surface area contributed by atoms with Crippen molar-refractivity contribution in [3.05, 3.63) is 35.9 Å². The first kappa shape index (κ1) is 14.4. The molecule has 0 aromatic heterocycles. The molecule has 0 atom stereocenters. The van der Waals surface area contributed by atoms with Gasteiger partial charge in [-0.25, -0.2) is 0 Å². The SMILES string of the molecule is COc1ccccc1NCC(=O)NCC1=CCNCC1. The van der Waals surface area contributed by atoms with Crippen molar-refractivity contribution in [3.63, 3.8) is 0 Å². The summed E-state index contributed by atoms with van der Waals surface area (Å²) in [6.45, 7) is 2.76. The number of methoxy groups -OCH3 is 1. The standard InChI is InChI=1S/C15H21N3O2/c1-20-14-5-3-2-4-13(14)17-11-15(19)18-10-12-6-8-16-9-7-12/h2-6,16-17H,7-11H2,1H3,(H,18,19). The maximum absolute atomic E-state index is 11.8. The zero-order chi connectivity index (χ0) is 14.2. The number of hydrogen-bond donors (Lipinski definition) is 3. The van der Waals surface area contributed by atoms with E-state index in [1.807, 2.05) is 24.3 Å². The molecule has 0 radical (unpaired) electrons. The van der Waals surface area contributed by atoms with Crippen LogP contribution in [0, 0.1) is 0 Å².